The van der Waals surface area contributed by atoms with E-state index in [9.17, 15) is 19.2 Å². The molecule has 0 radical (unpaired) electrons. The molecule has 0 unspecified atom stereocenters. The van der Waals surface area contributed by atoms with Crippen LogP contribution in [0.25, 0.3) is 0 Å². The number of hydrogen-bond acceptors (Lipinski definition) is 5. The molecule has 8 nitrogen and oxygen atoms in total. The highest BCUT2D eigenvalue weighted by Crippen LogP contribution is 2.24. The van der Waals surface area contributed by atoms with E-state index in [1.54, 1.807) is 13.8 Å². The van der Waals surface area contributed by atoms with Gasteiger partial charge in [0.1, 0.15) is 6.54 Å². The van der Waals surface area contributed by atoms with Gasteiger partial charge in [0.25, 0.3) is 0 Å². The lowest BCUT2D eigenvalue weighted by atomic mass is 9.85. The predicted octanol–water partition coefficient (Wildman–Crippen LogP) is -0.124. The topological polar surface area (TPSA) is 122 Å². The van der Waals surface area contributed by atoms with Gasteiger partial charge >= 0.3 is 18.0 Å². The Morgan fingerprint density at radius 3 is 2.21 bits per heavy atom. The molecule has 0 heterocycles. The van der Waals surface area contributed by atoms with Crippen LogP contribution in [-0.2, 0) is 19.1 Å². The third-order valence-corrected chi connectivity index (χ3v) is 2.14. The van der Waals surface area contributed by atoms with Crippen LogP contribution in [0.4, 0.5) is 4.79 Å². The Bertz CT molecular complexity index is 377. The van der Waals surface area contributed by atoms with Gasteiger partial charge in [0.2, 0.25) is 5.91 Å². The second-order valence-electron chi connectivity index (χ2n) is 4.72. The van der Waals surface area contributed by atoms with Gasteiger partial charge in [-0.05, 0) is 5.41 Å². The molecule has 0 aliphatic heterocycles. The first-order chi connectivity index (χ1) is 8.66. The molecular formula is C11H18N2O6. The van der Waals surface area contributed by atoms with E-state index in [1.165, 1.54) is 7.11 Å². The first-order valence-electron chi connectivity index (χ1n) is 5.52. The number of imide groups is 1. The lowest BCUT2D eigenvalue weighted by Crippen LogP contribution is -2.43. The van der Waals surface area contributed by atoms with Crippen LogP contribution < -0.4 is 10.6 Å². The SMILES string of the molecule is COC(=O)CNC(=O)NC(=O)CC(C)(C)CC(=O)O. The van der Waals surface area contributed by atoms with Crippen LogP contribution >= 0.6 is 0 Å². The van der Waals surface area contributed by atoms with Gasteiger partial charge in [-0.15, -0.1) is 0 Å². The Hall–Kier alpha value is -2.12. The van der Waals surface area contributed by atoms with E-state index in [0.29, 0.717) is 0 Å². The molecule has 0 aliphatic carbocycles. The minimum Gasteiger partial charge on any atom is -0.481 e. The van der Waals surface area contributed by atoms with Gasteiger partial charge in [-0.25, -0.2) is 4.79 Å². The maximum absolute atomic E-state index is 11.5. The molecule has 0 rings (SSSR count). The Kier molecular flexibility index (Phi) is 6.53. The highest BCUT2D eigenvalue weighted by atomic mass is 16.5. The molecule has 0 spiro atoms. The number of nitrogens with one attached hydrogen (secondary N) is 2. The Balaban J connectivity index is 4.13. The zero-order valence-corrected chi connectivity index (χ0v) is 11.1. The number of carboxylic acids is 1. The Morgan fingerprint density at radius 2 is 1.74 bits per heavy atom. The number of hydrogen-bond donors (Lipinski definition) is 3. The van der Waals surface area contributed by atoms with E-state index in [0.717, 1.165) is 0 Å². The summed E-state index contributed by atoms with van der Waals surface area (Å²) in [5, 5.41) is 12.8. The van der Waals surface area contributed by atoms with Crippen molar-refractivity contribution >= 4 is 23.9 Å². The zero-order valence-electron chi connectivity index (χ0n) is 11.1. The second kappa shape index (κ2) is 7.34. The fraction of sp³-hybridized carbons (Fsp3) is 0.636. The van der Waals surface area contributed by atoms with Crippen molar-refractivity contribution in [3.05, 3.63) is 0 Å². The molecule has 108 valence electrons. The average Bonchev–Trinajstić information content (AvgIpc) is 2.22. The molecule has 8 heteroatoms. The summed E-state index contributed by atoms with van der Waals surface area (Å²) >= 11 is 0. The minimum atomic E-state index is -1.02. The first kappa shape index (κ1) is 16.9. The van der Waals surface area contributed by atoms with E-state index in [4.69, 9.17) is 5.11 Å². The molecule has 0 aromatic rings. The van der Waals surface area contributed by atoms with Gasteiger partial charge in [-0.2, -0.15) is 0 Å². The van der Waals surface area contributed by atoms with E-state index in [1.807, 2.05) is 5.32 Å². The zero-order chi connectivity index (χ0) is 15.1. The third-order valence-electron chi connectivity index (χ3n) is 2.14. The van der Waals surface area contributed by atoms with Crippen molar-refractivity contribution in [2.75, 3.05) is 13.7 Å². The highest BCUT2D eigenvalue weighted by molar-refractivity contribution is 5.95. The summed E-state index contributed by atoms with van der Waals surface area (Å²) in [4.78, 5) is 44.0. The van der Waals surface area contributed by atoms with Crippen molar-refractivity contribution in [1.29, 1.82) is 0 Å². The van der Waals surface area contributed by atoms with Gasteiger partial charge in [-0.1, -0.05) is 13.8 Å². The molecule has 0 atom stereocenters. The highest BCUT2D eigenvalue weighted by Gasteiger charge is 2.25. The lowest BCUT2D eigenvalue weighted by molar-refractivity contribution is -0.140. The number of ether oxygens (including phenoxy) is 1. The summed E-state index contributed by atoms with van der Waals surface area (Å²) in [7, 11) is 1.17. The average molecular weight is 274 g/mol. The van der Waals surface area contributed by atoms with Crippen molar-refractivity contribution in [2.45, 2.75) is 26.7 Å². The van der Waals surface area contributed by atoms with E-state index < -0.39 is 29.3 Å². The number of carboxylic acid groups (broad SMARTS) is 1. The third kappa shape index (κ3) is 8.58. The van der Waals surface area contributed by atoms with Crippen LogP contribution in [0.3, 0.4) is 0 Å². The molecule has 0 bridgehead atoms. The van der Waals surface area contributed by atoms with Gasteiger partial charge in [-0.3, -0.25) is 19.7 Å². The molecule has 0 saturated heterocycles. The summed E-state index contributed by atoms with van der Waals surface area (Å²) in [6, 6.07) is -0.832. The van der Waals surface area contributed by atoms with Gasteiger partial charge in [0.05, 0.1) is 13.5 Å². The summed E-state index contributed by atoms with van der Waals surface area (Å²) in [5.41, 5.74) is -0.765. The molecule has 0 fully saturated rings. The number of amides is 3. The number of aliphatic carboxylic acids is 1. The van der Waals surface area contributed by atoms with Crippen LogP contribution in [0.1, 0.15) is 26.7 Å². The quantitative estimate of drug-likeness (QED) is 0.580. The summed E-state index contributed by atoms with van der Waals surface area (Å²) in [5.74, 6) is -2.28. The molecule has 0 aromatic carbocycles. The minimum absolute atomic E-state index is 0.120. The fourth-order valence-corrected chi connectivity index (χ4v) is 1.35. The van der Waals surface area contributed by atoms with Crippen molar-refractivity contribution in [1.82, 2.24) is 10.6 Å². The number of rotatable bonds is 6. The van der Waals surface area contributed by atoms with E-state index >= 15 is 0 Å². The molecule has 3 amide bonds. The number of methoxy groups -OCH3 is 1. The number of esters is 1. The van der Waals surface area contributed by atoms with Crippen molar-refractivity contribution in [3.63, 3.8) is 0 Å². The van der Waals surface area contributed by atoms with Crippen LogP contribution in [0.2, 0.25) is 0 Å². The van der Waals surface area contributed by atoms with Crippen molar-refractivity contribution in [2.24, 2.45) is 5.41 Å². The van der Waals surface area contributed by atoms with Gasteiger partial charge < -0.3 is 15.2 Å². The smallest absolute Gasteiger partial charge is 0.325 e. The van der Waals surface area contributed by atoms with Crippen LogP contribution in [0.15, 0.2) is 0 Å². The molecular weight excluding hydrogens is 256 g/mol. The van der Waals surface area contributed by atoms with Crippen molar-refractivity contribution in [3.8, 4) is 0 Å². The van der Waals surface area contributed by atoms with Crippen LogP contribution in [0.5, 0.6) is 0 Å². The number of urea groups is 1. The summed E-state index contributed by atoms with van der Waals surface area (Å²) < 4.78 is 4.30. The number of carbonyl (C=O) groups is 4. The van der Waals surface area contributed by atoms with Crippen LogP contribution in [0, 0.1) is 5.41 Å². The molecule has 0 aromatic heterocycles. The molecule has 19 heavy (non-hydrogen) atoms. The van der Waals surface area contributed by atoms with Gasteiger partial charge in [0.15, 0.2) is 0 Å². The van der Waals surface area contributed by atoms with Gasteiger partial charge in [0, 0.05) is 6.42 Å². The maximum Gasteiger partial charge on any atom is 0.325 e. The van der Waals surface area contributed by atoms with E-state index in [-0.39, 0.29) is 19.4 Å². The maximum atomic E-state index is 11.5. The molecule has 0 aliphatic rings. The standard InChI is InChI=1S/C11H18N2O6/c1-11(2,5-8(15)16)4-7(14)13-10(18)12-6-9(17)19-3/h4-6H2,1-3H3,(H,15,16)(H2,12,13,14,18). The second-order valence-corrected chi connectivity index (χ2v) is 4.72. The monoisotopic (exact) mass is 274 g/mol. The Morgan fingerprint density at radius 1 is 1.16 bits per heavy atom. The largest absolute Gasteiger partial charge is 0.481 e. The number of carbonyl (C=O) groups excluding carboxylic acids is 3. The van der Waals surface area contributed by atoms with E-state index in [2.05, 4.69) is 10.1 Å². The van der Waals surface area contributed by atoms with Crippen molar-refractivity contribution < 1.29 is 29.0 Å². The Labute approximate surface area is 110 Å². The summed E-state index contributed by atoms with van der Waals surface area (Å²) in [6.07, 6.45) is -0.310. The normalized spacial score (nSPS) is 10.5. The predicted molar refractivity (Wildman–Crippen MR) is 64.2 cm³/mol. The molecule has 0 saturated carbocycles. The molecule has 3 N–H and O–H groups in total. The lowest BCUT2D eigenvalue weighted by Gasteiger charge is -2.21. The fourth-order valence-electron chi connectivity index (χ4n) is 1.35. The summed E-state index contributed by atoms with van der Waals surface area (Å²) in [6.45, 7) is 2.86. The van der Waals surface area contributed by atoms with Crippen LogP contribution in [-0.4, -0.2) is 42.6 Å². The first-order valence-corrected chi connectivity index (χ1v) is 5.52.